The highest BCUT2D eigenvalue weighted by Gasteiger charge is 1.85. The minimum atomic E-state index is 0.700. The van der Waals surface area contributed by atoms with Gasteiger partial charge in [-0.15, -0.1) is 0 Å². The van der Waals surface area contributed by atoms with Crippen LogP contribution in [-0.4, -0.2) is 0 Å². The van der Waals surface area contributed by atoms with Crippen molar-refractivity contribution in [3.63, 3.8) is 0 Å². The first-order valence-electron chi connectivity index (χ1n) is 1.90. The SMILES string of the molecule is Clc1cc[o+]cc1. The molecular weight excluding hydrogens is 112 g/mol. The lowest BCUT2D eigenvalue weighted by molar-refractivity contribution is 0.550. The Bertz CT molecular complexity index is 138. The number of halogens is 1. The topological polar surface area (TPSA) is 11.3 Å². The standard InChI is InChI=1S/C5H4ClO/c6-5-1-3-7-4-2-5/h1-4H/q+1. The van der Waals surface area contributed by atoms with Gasteiger partial charge in [-0.3, -0.25) is 0 Å². The molecule has 1 heterocycles. The molecule has 0 saturated carbocycles. The zero-order chi connectivity index (χ0) is 5.11. The zero-order valence-electron chi connectivity index (χ0n) is 3.60. The van der Waals surface area contributed by atoms with Crippen LogP contribution in [0.25, 0.3) is 0 Å². The van der Waals surface area contributed by atoms with Crippen LogP contribution in [0.4, 0.5) is 0 Å². The first kappa shape index (κ1) is 4.60. The van der Waals surface area contributed by atoms with E-state index in [1.165, 1.54) is 12.5 Å². The summed E-state index contributed by atoms with van der Waals surface area (Å²) in [6.45, 7) is 0. The summed E-state index contributed by atoms with van der Waals surface area (Å²) in [7, 11) is 0. The summed E-state index contributed by atoms with van der Waals surface area (Å²) < 4.78 is 4.67. The Morgan fingerprint density at radius 1 is 1.29 bits per heavy atom. The quantitative estimate of drug-likeness (QED) is 0.472. The van der Waals surface area contributed by atoms with Gasteiger partial charge in [-0.1, -0.05) is 11.6 Å². The number of hydrogen-bond donors (Lipinski definition) is 0. The average Bonchev–Trinajstić information content (AvgIpc) is 1.69. The van der Waals surface area contributed by atoms with Crippen LogP contribution in [0.1, 0.15) is 0 Å². The van der Waals surface area contributed by atoms with E-state index in [2.05, 4.69) is 4.42 Å². The molecule has 0 aliphatic heterocycles. The van der Waals surface area contributed by atoms with Gasteiger partial charge in [0, 0.05) is 0 Å². The molecule has 1 nitrogen and oxygen atoms in total. The van der Waals surface area contributed by atoms with Gasteiger partial charge in [-0.25, -0.2) is 4.42 Å². The van der Waals surface area contributed by atoms with E-state index in [-0.39, 0.29) is 0 Å². The first-order valence-corrected chi connectivity index (χ1v) is 2.28. The molecule has 0 radical (unpaired) electrons. The summed E-state index contributed by atoms with van der Waals surface area (Å²) in [5, 5.41) is 0.700. The van der Waals surface area contributed by atoms with E-state index in [9.17, 15) is 0 Å². The predicted octanol–water partition coefficient (Wildman–Crippen LogP) is 2.21. The fourth-order valence-electron chi connectivity index (χ4n) is 0.309. The van der Waals surface area contributed by atoms with Crippen LogP contribution in [0.15, 0.2) is 29.1 Å². The molecule has 0 aromatic carbocycles. The average molecular weight is 116 g/mol. The molecule has 0 unspecified atom stereocenters. The van der Waals surface area contributed by atoms with Gasteiger partial charge in [-0.2, -0.15) is 0 Å². The van der Waals surface area contributed by atoms with Gasteiger partial charge < -0.3 is 0 Å². The molecule has 1 rings (SSSR count). The van der Waals surface area contributed by atoms with E-state index >= 15 is 0 Å². The van der Waals surface area contributed by atoms with Gasteiger partial charge in [0.25, 0.3) is 0 Å². The van der Waals surface area contributed by atoms with Crippen molar-refractivity contribution in [2.45, 2.75) is 0 Å². The van der Waals surface area contributed by atoms with Crippen LogP contribution < -0.4 is 0 Å². The van der Waals surface area contributed by atoms with E-state index in [1.807, 2.05) is 0 Å². The first-order chi connectivity index (χ1) is 3.39. The lowest BCUT2D eigenvalue weighted by atomic mass is 10.5. The van der Waals surface area contributed by atoms with E-state index in [0.717, 1.165) is 0 Å². The molecule has 0 amide bonds. The van der Waals surface area contributed by atoms with E-state index in [4.69, 9.17) is 11.6 Å². The number of hydrogen-bond acceptors (Lipinski definition) is 0. The third-order valence-corrected chi connectivity index (χ3v) is 0.864. The minimum Gasteiger partial charge on any atom is -0.224 e. The molecule has 0 saturated heterocycles. The molecule has 0 aliphatic carbocycles. The Hall–Kier alpha value is -0.560. The molecule has 0 spiro atoms. The smallest absolute Gasteiger partial charge is 0.224 e. The summed E-state index contributed by atoms with van der Waals surface area (Å²) >= 11 is 5.48. The lowest BCUT2D eigenvalue weighted by Gasteiger charge is -1.70. The maximum atomic E-state index is 5.48. The summed E-state index contributed by atoms with van der Waals surface area (Å²) in [6.07, 6.45) is 3.06. The number of rotatable bonds is 0. The van der Waals surface area contributed by atoms with Crippen LogP contribution in [0.2, 0.25) is 5.02 Å². The van der Waals surface area contributed by atoms with Gasteiger partial charge >= 0.3 is 12.5 Å². The summed E-state index contributed by atoms with van der Waals surface area (Å²) in [5.74, 6) is 0. The maximum absolute atomic E-state index is 5.48. The van der Waals surface area contributed by atoms with Crippen molar-refractivity contribution in [1.82, 2.24) is 0 Å². The van der Waals surface area contributed by atoms with Gasteiger partial charge in [0.2, 0.25) is 0 Å². The summed E-state index contributed by atoms with van der Waals surface area (Å²) in [4.78, 5) is 0. The molecule has 1 aromatic heterocycles. The Labute approximate surface area is 46.5 Å². The van der Waals surface area contributed by atoms with Gasteiger partial charge in [0.15, 0.2) is 0 Å². The summed E-state index contributed by atoms with van der Waals surface area (Å²) in [5.41, 5.74) is 0. The molecule has 0 aliphatic rings. The van der Waals surface area contributed by atoms with Crippen LogP contribution in [0.5, 0.6) is 0 Å². The van der Waals surface area contributed by atoms with Crippen molar-refractivity contribution >= 4 is 11.6 Å². The second-order valence-corrected chi connectivity index (χ2v) is 1.56. The molecule has 7 heavy (non-hydrogen) atoms. The molecule has 0 N–H and O–H groups in total. The fourth-order valence-corrected chi connectivity index (χ4v) is 0.412. The highest BCUT2D eigenvalue weighted by Crippen LogP contribution is 2.03. The fraction of sp³-hybridized carbons (Fsp3) is 0. The zero-order valence-corrected chi connectivity index (χ0v) is 4.35. The third kappa shape index (κ3) is 1.16. The minimum absolute atomic E-state index is 0.700. The monoisotopic (exact) mass is 115 g/mol. The molecular formula is C5H4ClO+. The largest absolute Gasteiger partial charge is 0.319 e. The maximum Gasteiger partial charge on any atom is 0.319 e. The molecule has 1 aromatic rings. The molecule has 2 heteroatoms. The van der Waals surface area contributed by atoms with Gasteiger partial charge in [0.1, 0.15) is 0 Å². The molecule has 0 fully saturated rings. The van der Waals surface area contributed by atoms with Crippen molar-refractivity contribution < 1.29 is 4.42 Å². The third-order valence-electron chi connectivity index (χ3n) is 0.612. The highest BCUT2D eigenvalue weighted by atomic mass is 35.5. The summed E-state index contributed by atoms with van der Waals surface area (Å²) in [6, 6.07) is 3.36. The van der Waals surface area contributed by atoms with Crippen molar-refractivity contribution in [2.75, 3.05) is 0 Å². The van der Waals surface area contributed by atoms with Crippen LogP contribution in [-0.2, 0) is 0 Å². The molecule has 0 bridgehead atoms. The van der Waals surface area contributed by atoms with E-state index < -0.39 is 0 Å². The Morgan fingerprint density at radius 3 is 2.14 bits per heavy atom. The van der Waals surface area contributed by atoms with Crippen molar-refractivity contribution in [2.24, 2.45) is 0 Å². The van der Waals surface area contributed by atoms with Gasteiger partial charge in [0.05, 0.1) is 17.2 Å². The van der Waals surface area contributed by atoms with Gasteiger partial charge in [-0.05, 0) is 0 Å². The van der Waals surface area contributed by atoms with E-state index in [0.29, 0.717) is 5.02 Å². The predicted molar refractivity (Wildman–Crippen MR) is 28.1 cm³/mol. The van der Waals surface area contributed by atoms with Crippen molar-refractivity contribution in [3.05, 3.63) is 29.7 Å². The van der Waals surface area contributed by atoms with Crippen LogP contribution >= 0.6 is 11.6 Å². The Kier molecular flexibility index (Phi) is 1.27. The van der Waals surface area contributed by atoms with Crippen LogP contribution in [0.3, 0.4) is 0 Å². The van der Waals surface area contributed by atoms with Crippen molar-refractivity contribution in [1.29, 1.82) is 0 Å². The van der Waals surface area contributed by atoms with Crippen LogP contribution in [0, 0.1) is 0 Å². The van der Waals surface area contributed by atoms with E-state index in [1.54, 1.807) is 12.1 Å². The second kappa shape index (κ2) is 1.94. The normalized spacial score (nSPS) is 8.71. The lowest BCUT2D eigenvalue weighted by Crippen LogP contribution is -1.55. The second-order valence-electron chi connectivity index (χ2n) is 1.13. The van der Waals surface area contributed by atoms with Crippen molar-refractivity contribution in [3.8, 4) is 0 Å². The molecule has 0 atom stereocenters. The Balaban J connectivity index is 3.02. The molecule has 36 valence electrons. The highest BCUT2D eigenvalue weighted by molar-refractivity contribution is 6.30. The Morgan fingerprint density at radius 2 is 1.86 bits per heavy atom.